The summed E-state index contributed by atoms with van der Waals surface area (Å²) in [7, 11) is 1.50. The number of methoxy groups -OCH3 is 1. The van der Waals surface area contributed by atoms with E-state index >= 15 is 0 Å². The predicted molar refractivity (Wildman–Crippen MR) is 112 cm³/mol. The highest BCUT2D eigenvalue weighted by molar-refractivity contribution is 7.80. The first kappa shape index (κ1) is 20.7. The number of carbonyl (C=O) groups excluding carboxylic acids is 2. The Morgan fingerprint density at radius 2 is 1.74 bits per heavy atom. The Labute approximate surface area is 168 Å². The average Bonchev–Trinajstić information content (AvgIpc) is 2.63. The molecule has 8 heteroatoms. The lowest BCUT2D eigenvalue weighted by Gasteiger charge is -2.15. The molecule has 0 bridgehead atoms. The summed E-state index contributed by atoms with van der Waals surface area (Å²) in [6, 6.07) is 11.6. The van der Waals surface area contributed by atoms with Gasteiger partial charge < -0.3 is 15.4 Å². The van der Waals surface area contributed by atoms with Crippen LogP contribution in [0, 0.1) is 5.92 Å². The number of rotatable bonds is 5. The van der Waals surface area contributed by atoms with E-state index in [0.29, 0.717) is 27.7 Å². The number of nitrogens with one attached hydrogen (secondary N) is 3. The molecule has 2 amide bonds. The van der Waals surface area contributed by atoms with Crippen LogP contribution >= 0.6 is 23.8 Å². The molecule has 142 valence electrons. The second-order valence-corrected chi connectivity index (χ2v) is 6.82. The summed E-state index contributed by atoms with van der Waals surface area (Å²) in [5.74, 6) is -0.138. The first-order chi connectivity index (χ1) is 12.8. The van der Waals surface area contributed by atoms with E-state index in [2.05, 4.69) is 16.0 Å². The highest BCUT2D eigenvalue weighted by Gasteiger charge is 2.12. The first-order valence-corrected chi connectivity index (χ1v) is 8.95. The number of benzene rings is 2. The Kier molecular flexibility index (Phi) is 7.15. The Morgan fingerprint density at radius 1 is 1.07 bits per heavy atom. The molecule has 0 aliphatic heterocycles. The van der Waals surface area contributed by atoms with Gasteiger partial charge in [-0.3, -0.25) is 14.9 Å². The molecule has 0 heterocycles. The van der Waals surface area contributed by atoms with Gasteiger partial charge in [-0.05, 0) is 48.6 Å². The van der Waals surface area contributed by atoms with E-state index in [1.165, 1.54) is 7.11 Å². The second-order valence-electron chi connectivity index (χ2n) is 5.97. The van der Waals surface area contributed by atoms with Gasteiger partial charge in [0.15, 0.2) is 5.11 Å². The van der Waals surface area contributed by atoms with Crippen LogP contribution in [0.4, 0.5) is 11.4 Å². The molecule has 0 aromatic heterocycles. The van der Waals surface area contributed by atoms with Crippen molar-refractivity contribution in [2.45, 2.75) is 13.8 Å². The lowest BCUT2D eigenvalue weighted by molar-refractivity contribution is -0.118. The summed E-state index contributed by atoms with van der Waals surface area (Å²) in [6.07, 6.45) is 0. The SMILES string of the molecule is COc1cc(NC(=S)NC(=O)c2ccc(Cl)cc2)ccc1NC(=O)C(C)C. The Hall–Kier alpha value is -2.64. The van der Waals surface area contributed by atoms with E-state index in [-0.39, 0.29) is 22.8 Å². The van der Waals surface area contributed by atoms with Crippen molar-refractivity contribution in [3.63, 3.8) is 0 Å². The maximum atomic E-state index is 12.2. The molecule has 0 spiro atoms. The van der Waals surface area contributed by atoms with Gasteiger partial charge in [-0.25, -0.2) is 0 Å². The maximum Gasteiger partial charge on any atom is 0.257 e. The molecule has 27 heavy (non-hydrogen) atoms. The molecule has 2 aromatic carbocycles. The molecule has 3 N–H and O–H groups in total. The van der Waals surface area contributed by atoms with Gasteiger partial charge >= 0.3 is 0 Å². The van der Waals surface area contributed by atoms with Crippen LogP contribution in [0.2, 0.25) is 5.02 Å². The minimum absolute atomic E-state index is 0.111. The minimum atomic E-state index is -0.350. The van der Waals surface area contributed by atoms with E-state index in [0.717, 1.165) is 0 Å². The van der Waals surface area contributed by atoms with Crippen molar-refractivity contribution in [2.75, 3.05) is 17.7 Å². The molecule has 0 unspecified atom stereocenters. The zero-order valence-electron chi connectivity index (χ0n) is 15.1. The summed E-state index contributed by atoms with van der Waals surface area (Å²) >= 11 is 11.0. The van der Waals surface area contributed by atoms with Crippen LogP contribution in [-0.4, -0.2) is 24.0 Å². The number of amides is 2. The smallest absolute Gasteiger partial charge is 0.257 e. The maximum absolute atomic E-state index is 12.2. The molecule has 0 saturated heterocycles. The fraction of sp³-hybridized carbons (Fsp3) is 0.211. The Bertz CT molecular complexity index is 854. The topological polar surface area (TPSA) is 79.5 Å². The molecule has 6 nitrogen and oxygen atoms in total. The van der Waals surface area contributed by atoms with Crippen molar-refractivity contribution in [3.05, 3.63) is 53.1 Å². The average molecular weight is 406 g/mol. The summed E-state index contributed by atoms with van der Waals surface area (Å²) in [6.45, 7) is 3.61. The quantitative estimate of drug-likeness (QED) is 0.653. The Balaban J connectivity index is 2.03. The number of hydrogen-bond donors (Lipinski definition) is 3. The molecular formula is C19H20ClN3O3S. The second kappa shape index (κ2) is 9.34. The van der Waals surface area contributed by atoms with Gasteiger partial charge in [0, 0.05) is 28.3 Å². The summed E-state index contributed by atoms with van der Waals surface area (Å²) in [5.41, 5.74) is 1.60. The van der Waals surface area contributed by atoms with E-state index in [9.17, 15) is 9.59 Å². The third-order valence-corrected chi connectivity index (χ3v) is 4.03. The lowest BCUT2D eigenvalue weighted by atomic mass is 10.2. The first-order valence-electron chi connectivity index (χ1n) is 8.17. The van der Waals surface area contributed by atoms with E-state index in [1.807, 2.05) is 0 Å². The summed E-state index contributed by atoms with van der Waals surface area (Å²) in [4.78, 5) is 24.0. The summed E-state index contributed by atoms with van der Waals surface area (Å²) < 4.78 is 5.31. The highest BCUT2D eigenvalue weighted by Crippen LogP contribution is 2.28. The van der Waals surface area contributed by atoms with Crippen molar-refractivity contribution in [1.82, 2.24) is 5.32 Å². The van der Waals surface area contributed by atoms with Crippen LogP contribution in [-0.2, 0) is 4.79 Å². The van der Waals surface area contributed by atoms with Crippen molar-refractivity contribution in [2.24, 2.45) is 5.92 Å². The van der Waals surface area contributed by atoms with Gasteiger partial charge in [0.1, 0.15) is 5.75 Å². The highest BCUT2D eigenvalue weighted by atomic mass is 35.5. The third-order valence-electron chi connectivity index (χ3n) is 3.58. The molecule has 0 radical (unpaired) electrons. The van der Waals surface area contributed by atoms with Crippen molar-refractivity contribution in [1.29, 1.82) is 0 Å². The fourth-order valence-electron chi connectivity index (χ4n) is 2.09. The van der Waals surface area contributed by atoms with Gasteiger partial charge in [-0.2, -0.15) is 0 Å². The standard InChI is InChI=1S/C19H20ClN3O3S/c1-11(2)17(24)22-15-9-8-14(10-16(15)26-3)21-19(27)23-18(25)12-4-6-13(20)7-5-12/h4-11H,1-3H3,(H,22,24)(H2,21,23,25,27). The molecular weight excluding hydrogens is 386 g/mol. The van der Waals surface area contributed by atoms with E-state index in [4.69, 9.17) is 28.6 Å². The van der Waals surface area contributed by atoms with E-state index in [1.54, 1.807) is 56.3 Å². The van der Waals surface area contributed by atoms with Gasteiger partial charge in [0.25, 0.3) is 5.91 Å². The zero-order valence-corrected chi connectivity index (χ0v) is 16.7. The third kappa shape index (κ3) is 5.94. The minimum Gasteiger partial charge on any atom is -0.494 e. The van der Waals surface area contributed by atoms with Crippen molar-refractivity contribution < 1.29 is 14.3 Å². The van der Waals surface area contributed by atoms with Crippen molar-refractivity contribution >= 4 is 52.1 Å². The molecule has 2 aromatic rings. The normalized spacial score (nSPS) is 10.3. The number of ether oxygens (including phenoxy) is 1. The van der Waals surface area contributed by atoms with E-state index < -0.39 is 0 Å². The predicted octanol–water partition coefficient (Wildman–Crippen LogP) is 4.07. The molecule has 0 fully saturated rings. The van der Waals surface area contributed by atoms with Crippen LogP contribution in [0.3, 0.4) is 0 Å². The lowest BCUT2D eigenvalue weighted by Crippen LogP contribution is -2.34. The summed E-state index contributed by atoms with van der Waals surface area (Å²) in [5, 5.41) is 8.98. The van der Waals surface area contributed by atoms with Gasteiger partial charge in [0.05, 0.1) is 12.8 Å². The molecule has 0 aliphatic rings. The monoisotopic (exact) mass is 405 g/mol. The van der Waals surface area contributed by atoms with Crippen LogP contribution in [0.1, 0.15) is 24.2 Å². The van der Waals surface area contributed by atoms with Gasteiger partial charge in [0.2, 0.25) is 5.91 Å². The largest absolute Gasteiger partial charge is 0.494 e. The zero-order chi connectivity index (χ0) is 20.0. The fourth-order valence-corrected chi connectivity index (χ4v) is 2.42. The molecule has 0 saturated carbocycles. The van der Waals surface area contributed by atoms with Crippen LogP contribution in [0.5, 0.6) is 5.75 Å². The molecule has 0 atom stereocenters. The van der Waals surface area contributed by atoms with Crippen LogP contribution < -0.4 is 20.7 Å². The van der Waals surface area contributed by atoms with Gasteiger partial charge in [-0.1, -0.05) is 25.4 Å². The van der Waals surface area contributed by atoms with Crippen LogP contribution in [0.15, 0.2) is 42.5 Å². The van der Waals surface area contributed by atoms with Crippen LogP contribution in [0.25, 0.3) is 0 Å². The van der Waals surface area contributed by atoms with Crippen molar-refractivity contribution in [3.8, 4) is 5.75 Å². The van der Waals surface area contributed by atoms with Gasteiger partial charge in [-0.15, -0.1) is 0 Å². The number of carbonyl (C=O) groups is 2. The Morgan fingerprint density at radius 3 is 2.33 bits per heavy atom. The number of anilines is 2. The molecule has 2 rings (SSSR count). The number of hydrogen-bond acceptors (Lipinski definition) is 4. The number of halogens is 1. The molecule has 0 aliphatic carbocycles. The number of thiocarbonyl (C=S) groups is 1.